The predicted molar refractivity (Wildman–Crippen MR) is 70.3 cm³/mol. The van der Waals surface area contributed by atoms with Crippen molar-refractivity contribution in [1.82, 2.24) is 0 Å². The van der Waals surface area contributed by atoms with E-state index in [1.807, 2.05) is 0 Å². The third-order valence-corrected chi connectivity index (χ3v) is 2.90. The number of anilines is 1. The molecule has 2 aromatic carbocycles. The van der Waals surface area contributed by atoms with Gasteiger partial charge in [-0.3, -0.25) is 4.79 Å². The van der Waals surface area contributed by atoms with Crippen LogP contribution in [0.5, 0.6) is 0 Å². The van der Waals surface area contributed by atoms with Crippen LogP contribution in [0, 0.1) is 5.82 Å². The van der Waals surface area contributed by atoms with Gasteiger partial charge in [0.1, 0.15) is 5.82 Å². The van der Waals surface area contributed by atoms with Crippen molar-refractivity contribution in [2.75, 3.05) is 5.73 Å². The third kappa shape index (κ3) is 2.87. The summed E-state index contributed by atoms with van der Waals surface area (Å²) in [5, 5.41) is 0.347. The summed E-state index contributed by atoms with van der Waals surface area (Å²) >= 11 is 5.85. The normalized spacial score (nSPS) is 10.3. The average Bonchev–Trinajstić information content (AvgIpc) is 2.32. The largest absolute Gasteiger partial charge is 0.398 e. The van der Waals surface area contributed by atoms with Gasteiger partial charge in [0, 0.05) is 12.0 Å². The second-order valence-corrected chi connectivity index (χ2v) is 4.37. The highest BCUT2D eigenvalue weighted by atomic mass is 35.5. The van der Waals surface area contributed by atoms with Crippen molar-refractivity contribution >= 4 is 23.1 Å². The molecule has 0 bridgehead atoms. The van der Waals surface area contributed by atoms with Crippen molar-refractivity contribution in [3.05, 3.63) is 64.4 Å². The quantitative estimate of drug-likeness (QED) is 0.680. The molecule has 0 aliphatic rings. The summed E-state index contributed by atoms with van der Waals surface area (Å²) in [7, 11) is 0. The minimum Gasteiger partial charge on any atom is -0.398 e. The Morgan fingerprint density at radius 3 is 2.67 bits per heavy atom. The molecule has 18 heavy (non-hydrogen) atoms. The van der Waals surface area contributed by atoms with Crippen molar-refractivity contribution in [3.8, 4) is 0 Å². The number of benzene rings is 2. The fourth-order valence-corrected chi connectivity index (χ4v) is 1.82. The van der Waals surface area contributed by atoms with Crippen LogP contribution in [0.15, 0.2) is 42.5 Å². The van der Waals surface area contributed by atoms with E-state index in [1.54, 1.807) is 24.3 Å². The highest BCUT2D eigenvalue weighted by Gasteiger charge is 2.09. The Labute approximate surface area is 109 Å². The Bertz CT molecular complexity index is 598. The molecule has 0 unspecified atom stereocenters. The first kappa shape index (κ1) is 12.6. The molecular weight excluding hydrogens is 253 g/mol. The van der Waals surface area contributed by atoms with E-state index in [4.69, 9.17) is 17.3 Å². The number of rotatable bonds is 3. The highest BCUT2D eigenvalue weighted by molar-refractivity contribution is 6.33. The number of Topliss-reactive ketones (excluding diaryl/α,β-unsaturated/α-hetero) is 1. The second-order valence-electron chi connectivity index (χ2n) is 3.97. The molecule has 2 rings (SSSR count). The van der Waals surface area contributed by atoms with Crippen LogP contribution in [0.3, 0.4) is 0 Å². The summed E-state index contributed by atoms with van der Waals surface area (Å²) in [5.41, 5.74) is 7.10. The highest BCUT2D eigenvalue weighted by Crippen LogP contribution is 2.20. The van der Waals surface area contributed by atoms with Crippen LogP contribution in [0.25, 0.3) is 0 Å². The molecule has 0 aliphatic carbocycles. The van der Waals surface area contributed by atoms with E-state index in [0.29, 0.717) is 21.8 Å². The molecule has 0 radical (unpaired) electrons. The standard InChI is InChI=1S/C14H11ClFNO/c15-12-8-10(4-5-13(12)17)14(18)7-9-2-1-3-11(16)6-9/h1-6,8H,7,17H2. The number of carbonyl (C=O) groups is 1. The monoisotopic (exact) mass is 263 g/mol. The van der Waals surface area contributed by atoms with Crippen LogP contribution in [0.2, 0.25) is 5.02 Å². The SMILES string of the molecule is Nc1ccc(C(=O)Cc2cccc(F)c2)cc1Cl. The number of hydrogen-bond acceptors (Lipinski definition) is 2. The Morgan fingerprint density at radius 1 is 1.22 bits per heavy atom. The zero-order valence-corrected chi connectivity index (χ0v) is 10.2. The lowest BCUT2D eigenvalue weighted by atomic mass is 10.0. The van der Waals surface area contributed by atoms with E-state index in [2.05, 4.69) is 0 Å². The molecular formula is C14H11ClFNO. The Hall–Kier alpha value is -1.87. The average molecular weight is 264 g/mol. The van der Waals surface area contributed by atoms with Crippen molar-refractivity contribution in [3.63, 3.8) is 0 Å². The maximum atomic E-state index is 13.0. The molecule has 92 valence electrons. The van der Waals surface area contributed by atoms with Crippen LogP contribution in [0.1, 0.15) is 15.9 Å². The molecule has 0 saturated carbocycles. The van der Waals surface area contributed by atoms with Gasteiger partial charge in [-0.05, 0) is 35.9 Å². The summed E-state index contributed by atoms with van der Waals surface area (Å²) in [6.07, 6.45) is 0.137. The summed E-state index contributed by atoms with van der Waals surface area (Å²) in [6, 6.07) is 10.7. The molecule has 0 aromatic heterocycles. The lowest BCUT2D eigenvalue weighted by Crippen LogP contribution is -2.04. The van der Waals surface area contributed by atoms with Gasteiger partial charge in [-0.1, -0.05) is 23.7 Å². The molecule has 4 heteroatoms. The first-order chi connectivity index (χ1) is 8.56. The summed E-state index contributed by atoms with van der Waals surface area (Å²) < 4.78 is 13.0. The van der Waals surface area contributed by atoms with E-state index in [1.165, 1.54) is 18.2 Å². The van der Waals surface area contributed by atoms with Crippen LogP contribution in [-0.4, -0.2) is 5.78 Å². The summed E-state index contributed by atoms with van der Waals surface area (Å²) in [5.74, 6) is -0.474. The number of ketones is 1. The zero-order valence-electron chi connectivity index (χ0n) is 9.49. The summed E-state index contributed by atoms with van der Waals surface area (Å²) in [6.45, 7) is 0. The molecule has 2 N–H and O–H groups in total. The Kier molecular flexibility index (Phi) is 3.63. The predicted octanol–water partition coefficient (Wildman–Crippen LogP) is 3.49. The Morgan fingerprint density at radius 2 is 2.00 bits per heavy atom. The maximum Gasteiger partial charge on any atom is 0.167 e. The number of nitrogen functional groups attached to an aromatic ring is 1. The minimum atomic E-state index is -0.351. The molecule has 2 nitrogen and oxygen atoms in total. The van der Waals surface area contributed by atoms with Gasteiger partial charge in [-0.15, -0.1) is 0 Å². The fourth-order valence-electron chi connectivity index (χ4n) is 1.63. The van der Waals surface area contributed by atoms with Gasteiger partial charge in [0.2, 0.25) is 0 Å². The lowest BCUT2D eigenvalue weighted by Gasteiger charge is -2.04. The number of hydrogen-bond donors (Lipinski definition) is 1. The molecule has 0 aliphatic heterocycles. The molecule has 2 aromatic rings. The van der Waals surface area contributed by atoms with Crippen LogP contribution in [0.4, 0.5) is 10.1 Å². The number of nitrogens with two attached hydrogens (primary N) is 1. The number of halogens is 2. The van der Waals surface area contributed by atoms with Crippen molar-refractivity contribution < 1.29 is 9.18 Å². The van der Waals surface area contributed by atoms with Gasteiger partial charge in [0.05, 0.1) is 10.7 Å². The van der Waals surface area contributed by atoms with Gasteiger partial charge in [0.15, 0.2) is 5.78 Å². The van der Waals surface area contributed by atoms with Crippen LogP contribution >= 0.6 is 11.6 Å². The second kappa shape index (κ2) is 5.19. The number of carbonyl (C=O) groups excluding carboxylic acids is 1. The molecule has 0 saturated heterocycles. The third-order valence-electron chi connectivity index (χ3n) is 2.58. The minimum absolute atomic E-state index is 0.123. The van der Waals surface area contributed by atoms with Gasteiger partial charge >= 0.3 is 0 Å². The van der Waals surface area contributed by atoms with Crippen molar-refractivity contribution in [2.45, 2.75) is 6.42 Å². The first-order valence-corrected chi connectivity index (χ1v) is 5.77. The van der Waals surface area contributed by atoms with E-state index in [-0.39, 0.29) is 18.0 Å². The van der Waals surface area contributed by atoms with Gasteiger partial charge < -0.3 is 5.73 Å². The smallest absolute Gasteiger partial charge is 0.167 e. The van der Waals surface area contributed by atoms with Crippen molar-refractivity contribution in [2.24, 2.45) is 0 Å². The molecule has 0 heterocycles. The Balaban J connectivity index is 2.19. The van der Waals surface area contributed by atoms with E-state index >= 15 is 0 Å². The summed E-state index contributed by atoms with van der Waals surface area (Å²) in [4.78, 5) is 12.0. The molecule has 0 amide bonds. The fraction of sp³-hybridized carbons (Fsp3) is 0.0714. The van der Waals surface area contributed by atoms with Gasteiger partial charge in [-0.25, -0.2) is 4.39 Å². The van der Waals surface area contributed by atoms with Crippen molar-refractivity contribution in [1.29, 1.82) is 0 Å². The van der Waals surface area contributed by atoms with Gasteiger partial charge in [-0.2, -0.15) is 0 Å². The van der Waals surface area contributed by atoms with E-state index < -0.39 is 0 Å². The lowest BCUT2D eigenvalue weighted by molar-refractivity contribution is 0.0993. The van der Waals surface area contributed by atoms with Crippen LogP contribution < -0.4 is 5.73 Å². The molecule has 0 spiro atoms. The zero-order chi connectivity index (χ0) is 13.1. The molecule has 0 atom stereocenters. The topological polar surface area (TPSA) is 43.1 Å². The van der Waals surface area contributed by atoms with E-state index in [9.17, 15) is 9.18 Å². The molecule has 0 fully saturated rings. The van der Waals surface area contributed by atoms with E-state index in [0.717, 1.165) is 0 Å². The maximum absolute atomic E-state index is 13.0. The first-order valence-electron chi connectivity index (χ1n) is 5.39. The van der Waals surface area contributed by atoms with Crippen LogP contribution in [-0.2, 0) is 6.42 Å². The van der Waals surface area contributed by atoms with Gasteiger partial charge in [0.25, 0.3) is 0 Å².